The Morgan fingerprint density at radius 2 is 1.81 bits per heavy atom. The number of carbonyl (C=O) groups excluding carboxylic acids is 1. The molecular formula is C27H30N2O2. The zero-order chi connectivity index (χ0) is 21.2. The second-order valence-electron chi connectivity index (χ2n) is 8.88. The molecule has 3 aromatic rings. The molecule has 1 saturated heterocycles. The Hall–Kier alpha value is -2.85. The van der Waals surface area contributed by atoms with Crippen molar-refractivity contribution in [2.24, 2.45) is 0 Å². The summed E-state index contributed by atoms with van der Waals surface area (Å²) in [6, 6.07) is 21.2. The van der Waals surface area contributed by atoms with Gasteiger partial charge in [0, 0.05) is 24.7 Å². The average Bonchev–Trinajstić information content (AvgIpc) is 3.22. The molecule has 0 bridgehead atoms. The molecule has 1 amide bonds. The van der Waals surface area contributed by atoms with E-state index >= 15 is 0 Å². The molecule has 2 aliphatic rings. The zero-order valence-electron chi connectivity index (χ0n) is 18.2. The third kappa shape index (κ3) is 4.31. The monoisotopic (exact) mass is 414 g/mol. The second kappa shape index (κ2) is 8.72. The molecule has 0 N–H and O–H groups in total. The van der Waals surface area contributed by atoms with E-state index in [9.17, 15) is 4.79 Å². The van der Waals surface area contributed by atoms with E-state index in [0.717, 1.165) is 48.1 Å². The maximum absolute atomic E-state index is 13.1. The summed E-state index contributed by atoms with van der Waals surface area (Å²) in [6.45, 7) is 3.41. The molecule has 0 saturated carbocycles. The van der Waals surface area contributed by atoms with Gasteiger partial charge < -0.3 is 14.5 Å². The van der Waals surface area contributed by atoms with Crippen LogP contribution in [-0.2, 0) is 13.0 Å². The molecule has 0 aliphatic carbocycles. The number of amides is 1. The van der Waals surface area contributed by atoms with Crippen LogP contribution in [0.4, 0.5) is 0 Å². The summed E-state index contributed by atoms with van der Waals surface area (Å²) in [4.78, 5) is 17.5. The van der Waals surface area contributed by atoms with Crippen LogP contribution in [0.25, 0.3) is 10.8 Å². The minimum absolute atomic E-state index is 0.109. The molecule has 3 aromatic carbocycles. The molecule has 1 atom stereocenters. The molecule has 1 fully saturated rings. The number of hydrogen-bond donors (Lipinski definition) is 0. The summed E-state index contributed by atoms with van der Waals surface area (Å²) in [7, 11) is 2.20. The van der Waals surface area contributed by atoms with Crippen molar-refractivity contribution >= 4 is 16.7 Å². The fraction of sp³-hybridized carbons (Fsp3) is 0.370. The number of hydrogen-bond acceptors (Lipinski definition) is 3. The van der Waals surface area contributed by atoms with Crippen molar-refractivity contribution < 1.29 is 9.53 Å². The van der Waals surface area contributed by atoms with Crippen molar-refractivity contribution in [1.29, 1.82) is 0 Å². The topological polar surface area (TPSA) is 32.8 Å². The number of likely N-dealkylation sites (tertiary alicyclic amines) is 1. The summed E-state index contributed by atoms with van der Waals surface area (Å²) in [6.07, 6.45) is 4.56. The molecule has 160 valence electrons. The lowest BCUT2D eigenvalue weighted by atomic mass is 9.99. The van der Waals surface area contributed by atoms with E-state index in [2.05, 4.69) is 48.3 Å². The van der Waals surface area contributed by atoms with Gasteiger partial charge in [-0.05, 0) is 85.4 Å². The predicted octanol–water partition coefficient (Wildman–Crippen LogP) is 4.90. The maximum Gasteiger partial charge on any atom is 0.254 e. The first kappa shape index (κ1) is 20.1. The first-order valence-electron chi connectivity index (χ1n) is 11.4. The first-order chi connectivity index (χ1) is 15.2. The summed E-state index contributed by atoms with van der Waals surface area (Å²) in [5, 5.41) is 2.18. The molecule has 0 radical (unpaired) electrons. The van der Waals surface area contributed by atoms with E-state index < -0.39 is 0 Å². The van der Waals surface area contributed by atoms with Gasteiger partial charge >= 0.3 is 0 Å². The lowest BCUT2D eigenvalue weighted by Crippen LogP contribution is -2.35. The quantitative estimate of drug-likeness (QED) is 0.595. The number of carbonyl (C=O) groups is 1. The molecule has 4 heteroatoms. The van der Waals surface area contributed by atoms with E-state index in [1.54, 1.807) is 0 Å². The van der Waals surface area contributed by atoms with Gasteiger partial charge in [0.1, 0.15) is 5.75 Å². The van der Waals surface area contributed by atoms with Crippen LogP contribution in [0, 0.1) is 0 Å². The molecule has 0 aromatic heterocycles. The van der Waals surface area contributed by atoms with Crippen LogP contribution >= 0.6 is 0 Å². The molecule has 5 rings (SSSR count). The van der Waals surface area contributed by atoms with E-state index in [0.29, 0.717) is 12.6 Å². The standard InChI is InChI=1S/C27H30N2O2/c1-28-14-4-7-25(28)13-16-31-26-11-10-21-17-23(9-8-22(21)18-26)27(30)29-15-12-20-5-2-3-6-24(20)19-29/h2-3,5-6,8-11,17-18,25H,4,7,12-16,19H2,1H3. The summed E-state index contributed by atoms with van der Waals surface area (Å²) in [5.74, 6) is 1.01. The Bertz CT molecular complexity index is 1090. The minimum Gasteiger partial charge on any atom is -0.494 e. The van der Waals surface area contributed by atoms with Gasteiger partial charge in [0.2, 0.25) is 0 Å². The molecule has 31 heavy (non-hydrogen) atoms. The number of fused-ring (bicyclic) bond motifs is 2. The predicted molar refractivity (Wildman–Crippen MR) is 125 cm³/mol. The van der Waals surface area contributed by atoms with Gasteiger partial charge in [-0.2, -0.15) is 0 Å². The van der Waals surface area contributed by atoms with Gasteiger partial charge in [-0.3, -0.25) is 4.79 Å². The summed E-state index contributed by atoms with van der Waals surface area (Å²) >= 11 is 0. The Labute approximate surface area is 184 Å². The van der Waals surface area contributed by atoms with Crippen molar-refractivity contribution in [2.45, 2.75) is 38.3 Å². The second-order valence-corrected chi connectivity index (χ2v) is 8.88. The van der Waals surface area contributed by atoms with Crippen molar-refractivity contribution in [3.05, 3.63) is 77.4 Å². The molecule has 2 aliphatic heterocycles. The molecule has 0 spiro atoms. The van der Waals surface area contributed by atoms with Crippen LogP contribution in [0.2, 0.25) is 0 Å². The molecule has 4 nitrogen and oxygen atoms in total. The minimum atomic E-state index is 0.109. The van der Waals surface area contributed by atoms with Crippen LogP contribution in [0.15, 0.2) is 60.7 Å². The Balaban J connectivity index is 1.25. The highest BCUT2D eigenvalue weighted by atomic mass is 16.5. The number of rotatable bonds is 5. The van der Waals surface area contributed by atoms with Crippen LogP contribution in [0.1, 0.15) is 40.7 Å². The Morgan fingerprint density at radius 3 is 2.65 bits per heavy atom. The van der Waals surface area contributed by atoms with Gasteiger partial charge in [0.25, 0.3) is 5.91 Å². The lowest BCUT2D eigenvalue weighted by Gasteiger charge is -2.29. The molecular weight excluding hydrogens is 384 g/mol. The van der Waals surface area contributed by atoms with E-state index in [-0.39, 0.29) is 5.91 Å². The SMILES string of the molecule is CN1CCCC1CCOc1ccc2cc(C(=O)N3CCc4ccccc4C3)ccc2c1. The highest BCUT2D eigenvalue weighted by Gasteiger charge is 2.22. The van der Waals surface area contributed by atoms with Crippen molar-refractivity contribution in [3.63, 3.8) is 0 Å². The number of nitrogens with zero attached hydrogens (tertiary/aromatic N) is 2. The van der Waals surface area contributed by atoms with Gasteiger partial charge in [0.05, 0.1) is 6.61 Å². The highest BCUT2D eigenvalue weighted by Crippen LogP contribution is 2.25. The normalized spacial score (nSPS) is 18.9. The maximum atomic E-state index is 13.1. The van der Waals surface area contributed by atoms with Gasteiger partial charge in [0.15, 0.2) is 0 Å². The molecule has 2 heterocycles. The number of benzene rings is 3. The smallest absolute Gasteiger partial charge is 0.254 e. The van der Waals surface area contributed by atoms with Crippen molar-refractivity contribution in [2.75, 3.05) is 26.7 Å². The van der Waals surface area contributed by atoms with Gasteiger partial charge in [-0.1, -0.05) is 36.4 Å². The average molecular weight is 415 g/mol. The van der Waals surface area contributed by atoms with Crippen LogP contribution in [0.5, 0.6) is 5.75 Å². The van der Waals surface area contributed by atoms with Crippen LogP contribution < -0.4 is 4.74 Å². The fourth-order valence-electron chi connectivity index (χ4n) is 4.96. The van der Waals surface area contributed by atoms with E-state index in [1.165, 1.54) is 30.5 Å². The third-order valence-corrected chi connectivity index (χ3v) is 6.87. The third-order valence-electron chi connectivity index (χ3n) is 6.87. The molecule has 1 unspecified atom stereocenters. The van der Waals surface area contributed by atoms with Gasteiger partial charge in [-0.15, -0.1) is 0 Å². The Morgan fingerprint density at radius 1 is 1.00 bits per heavy atom. The highest BCUT2D eigenvalue weighted by molar-refractivity contribution is 5.99. The van der Waals surface area contributed by atoms with Crippen molar-refractivity contribution in [1.82, 2.24) is 9.80 Å². The van der Waals surface area contributed by atoms with Crippen molar-refractivity contribution in [3.8, 4) is 5.75 Å². The largest absolute Gasteiger partial charge is 0.494 e. The summed E-state index contributed by atoms with van der Waals surface area (Å²) in [5.41, 5.74) is 3.37. The van der Waals surface area contributed by atoms with E-state index in [1.807, 2.05) is 29.2 Å². The fourth-order valence-corrected chi connectivity index (χ4v) is 4.96. The summed E-state index contributed by atoms with van der Waals surface area (Å²) < 4.78 is 6.03. The van der Waals surface area contributed by atoms with Crippen LogP contribution in [-0.4, -0.2) is 48.5 Å². The first-order valence-corrected chi connectivity index (χ1v) is 11.4. The van der Waals surface area contributed by atoms with Crippen LogP contribution in [0.3, 0.4) is 0 Å². The lowest BCUT2D eigenvalue weighted by molar-refractivity contribution is 0.0735. The van der Waals surface area contributed by atoms with E-state index in [4.69, 9.17) is 4.74 Å². The van der Waals surface area contributed by atoms with Gasteiger partial charge in [-0.25, -0.2) is 0 Å². The Kier molecular flexibility index (Phi) is 5.65. The number of ether oxygens (including phenoxy) is 1. The zero-order valence-corrected chi connectivity index (χ0v) is 18.2.